The van der Waals surface area contributed by atoms with Gasteiger partial charge in [-0.1, -0.05) is 146 Å². The van der Waals surface area contributed by atoms with Gasteiger partial charge in [0.1, 0.15) is 0 Å². The summed E-state index contributed by atoms with van der Waals surface area (Å²) in [5.74, 6) is 0. The quantitative estimate of drug-likeness (QED) is 0.134. The van der Waals surface area contributed by atoms with Crippen LogP contribution in [0, 0.1) is 0 Å². The highest BCUT2D eigenvalue weighted by Crippen LogP contribution is 2.45. The predicted molar refractivity (Wildman–Crippen MR) is 278 cm³/mol. The van der Waals surface area contributed by atoms with Gasteiger partial charge < -0.3 is 14.7 Å². The van der Waals surface area contributed by atoms with Crippen LogP contribution < -0.4 is 14.7 Å². The number of fused-ring (bicyclic) bond motifs is 5. The highest BCUT2D eigenvalue weighted by molar-refractivity contribution is 6.09. The minimum Gasteiger partial charge on any atom is -0.310 e. The predicted octanol–water partition coefficient (Wildman–Crippen LogP) is 17.9. The van der Waals surface area contributed by atoms with Crippen LogP contribution in [0.3, 0.4) is 0 Å². The molecule has 0 heterocycles. The van der Waals surface area contributed by atoms with Crippen molar-refractivity contribution in [2.24, 2.45) is 0 Å². The first-order valence-corrected chi connectivity index (χ1v) is 22.3. The lowest BCUT2D eigenvalue weighted by atomic mass is 9.98. The second kappa shape index (κ2) is 16.2. The summed E-state index contributed by atoms with van der Waals surface area (Å²) in [7, 11) is 0. The van der Waals surface area contributed by atoms with E-state index in [0.29, 0.717) is 0 Å². The summed E-state index contributed by atoms with van der Waals surface area (Å²) in [5.41, 5.74) is 9.88. The van der Waals surface area contributed by atoms with Crippen molar-refractivity contribution in [1.82, 2.24) is 0 Å². The molecule has 0 saturated heterocycles. The van der Waals surface area contributed by atoms with Crippen molar-refractivity contribution in [3.05, 3.63) is 261 Å². The van der Waals surface area contributed by atoms with Gasteiger partial charge >= 0.3 is 0 Å². The van der Waals surface area contributed by atoms with Crippen LogP contribution in [0.5, 0.6) is 0 Å². The lowest BCUT2D eigenvalue weighted by Gasteiger charge is -2.30. The van der Waals surface area contributed by atoms with E-state index < -0.39 is 0 Å². The lowest BCUT2D eigenvalue weighted by Crippen LogP contribution is -2.13. The van der Waals surface area contributed by atoms with Crippen molar-refractivity contribution in [2.45, 2.75) is 0 Å². The van der Waals surface area contributed by atoms with Gasteiger partial charge in [-0.3, -0.25) is 0 Å². The van der Waals surface area contributed by atoms with Crippen molar-refractivity contribution in [2.75, 3.05) is 14.7 Å². The molecule has 65 heavy (non-hydrogen) atoms. The SMILES string of the molecule is c1ccc(N(c2ccc(N(c3ccc(N(c4ccccc4)c4cccc5cc6cc7ccccc7cc6cc45)cc3)c3cccc4ccccc34)cc2)c2cccc3ccccc23)cc1. The molecule has 0 amide bonds. The molecule has 3 nitrogen and oxygen atoms in total. The van der Waals surface area contributed by atoms with Crippen LogP contribution in [0.2, 0.25) is 0 Å². The molecule has 0 radical (unpaired) electrons. The number of rotatable bonds is 9. The average Bonchev–Trinajstić information content (AvgIpc) is 3.37. The molecule has 3 heteroatoms. The molecule has 0 atom stereocenters. The van der Waals surface area contributed by atoms with Gasteiger partial charge in [-0.15, -0.1) is 0 Å². The molecule has 0 N–H and O–H groups in total. The van der Waals surface area contributed by atoms with E-state index in [0.717, 1.165) is 51.2 Å². The second-order valence-corrected chi connectivity index (χ2v) is 16.6. The van der Waals surface area contributed by atoms with E-state index in [-0.39, 0.29) is 0 Å². The smallest absolute Gasteiger partial charge is 0.0540 e. The number of hydrogen-bond donors (Lipinski definition) is 0. The molecular formula is C62H43N3. The standard InChI is InChI=1S/C62H43N3/c1-3-23-51(24-4-1)63(60-29-13-20-44-16-9-11-27-57(44)60)53-32-36-55(37-33-53)65(61-30-14-21-45-17-10-12-28-58(45)61)56-38-34-54(35-39-56)64(52-25-5-2-6-26-52)62-31-15-22-48-42-49-40-46-18-7-8-19-47(46)41-50(49)43-59(48)62/h1-43H. The molecule has 0 spiro atoms. The summed E-state index contributed by atoms with van der Waals surface area (Å²) >= 11 is 0. The zero-order chi connectivity index (χ0) is 43.1. The molecule has 12 aromatic rings. The second-order valence-electron chi connectivity index (χ2n) is 16.6. The molecule has 12 aromatic carbocycles. The Balaban J connectivity index is 0.985. The minimum absolute atomic E-state index is 1.07. The van der Waals surface area contributed by atoms with Gasteiger partial charge in [0.2, 0.25) is 0 Å². The zero-order valence-electron chi connectivity index (χ0n) is 35.7. The number of para-hydroxylation sites is 2. The van der Waals surface area contributed by atoms with Crippen LogP contribution >= 0.6 is 0 Å². The average molecular weight is 830 g/mol. The molecule has 0 aliphatic rings. The van der Waals surface area contributed by atoms with Crippen LogP contribution in [0.25, 0.3) is 53.9 Å². The fraction of sp³-hybridized carbons (Fsp3) is 0. The van der Waals surface area contributed by atoms with Gasteiger partial charge in [0.15, 0.2) is 0 Å². The normalized spacial score (nSPS) is 11.4. The van der Waals surface area contributed by atoms with Crippen LogP contribution in [-0.2, 0) is 0 Å². The van der Waals surface area contributed by atoms with Crippen LogP contribution in [0.1, 0.15) is 0 Å². The van der Waals surface area contributed by atoms with E-state index >= 15 is 0 Å². The van der Waals surface area contributed by atoms with Crippen molar-refractivity contribution in [1.29, 1.82) is 0 Å². The monoisotopic (exact) mass is 829 g/mol. The third-order valence-corrected chi connectivity index (χ3v) is 12.7. The number of benzene rings is 12. The van der Waals surface area contributed by atoms with Gasteiger partial charge in [0, 0.05) is 50.3 Å². The molecule has 0 aromatic heterocycles. The Kier molecular flexibility index (Phi) is 9.50. The largest absolute Gasteiger partial charge is 0.310 e. The van der Waals surface area contributed by atoms with Crippen LogP contribution in [0.15, 0.2) is 261 Å². The van der Waals surface area contributed by atoms with Crippen LogP contribution in [0.4, 0.5) is 51.2 Å². The van der Waals surface area contributed by atoms with Crippen molar-refractivity contribution in [3.8, 4) is 0 Å². The first-order valence-electron chi connectivity index (χ1n) is 22.3. The van der Waals surface area contributed by atoms with Gasteiger partial charge in [-0.2, -0.15) is 0 Å². The molecule has 306 valence electrons. The minimum atomic E-state index is 1.07. The fourth-order valence-electron chi connectivity index (χ4n) is 9.64. The summed E-state index contributed by atoms with van der Waals surface area (Å²) in [5, 5.41) is 12.2. The zero-order valence-corrected chi connectivity index (χ0v) is 35.7. The molecular weight excluding hydrogens is 787 g/mol. The first kappa shape index (κ1) is 38.0. The topological polar surface area (TPSA) is 9.72 Å². The Bertz CT molecular complexity index is 3650. The number of anilines is 9. The molecule has 0 bridgehead atoms. The highest BCUT2D eigenvalue weighted by atomic mass is 15.2. The molecule has 0 saturated carbocycles. The Labute approximate surface area is 378 Å². The molecule has 0 unspecified atom stereocenters. The van der Waals surface area contributed by atoms with E-state index in [1.807, 2.05) is 0 Å². The Morgan fingerprint density at radius 3 is 0.892 bits per heavy atom. The summed E-state index contributed by atoms with van der Waals surface area (Å²) in [6.45, 7) is 0. The lowest BCUT2D eigenvalue weighted by molar-refractivity contribution is 1.26. The van der Waals surface area contributed by atoms with E-state index in [2.05, 4.69) is 276 Å². The van der Waals surface area contributed by atoms with Crippen molar-refractivity contribution < 1.29 is 0 Å². The molecule has 0 fully saturated rings. The van der Waals surface area contributed by atoms with Crippen molar-refractivity contribution >= 4 is 105 Å². The highest BCUT2D eigenvalue weighted by Gasteiger charge is 2.21. The summed E-state index contributed by atoms with van der Waals surface area (Å²) in [6, 6.07) is 94.5. The third kappa shape index (κ3) is 6.97. The van der Waals surface area contributed by atoms with Gasteiger partial charge in [-0.05, 0) is 153 Å². The van der Waals surface area contributed by atoms with E-state index in [1.54, 1.807) is 0 Å². The first-order chi connectivity index (χ1) is 32.2. The maximum Gasteiger partial charge on any atom is 0.0540 e. The molecule has 0 aliphatic heterocycles. The van der Waals surface area contributed by atoms with Crippen LogP contribution in [-0.4, -0.2) is 0 Å². The Morgan fingerprint density at radius 2 is 0.462 bits per heavy atom. The fourth-order valence-corrected chi connectivity index (χ4v) is 9.64. The summed E-state index contributed by atoms with van der Waals surface area (Å²) < 4.78 is 0. The van der Waals surface area contributed by atoms with E-state index in [1.165, 1.54) is 53.9 Å². The van der Waals surface area contributed by atoms with Gasteiger partial charge in [0.25, 0.3) is 0 Å². The number of nitrogens with zero attached hydrogens (tertiary/aromatic N) is 3. The third-order valence-electron chi connectivity index (χ3n) is 12.7. The summed E-state index contributed by atoms with van der Waals surface area (Å²) in [4.78, 5) is 7.14. The van der Waals surface area contributed by atoms with E-state index in [4.69, 9.17) is 0 Å². The Morgan fingerprint density at radius 1 is 0.169 bits per heavy atom. The maximum atomic E-state index is 2.39. The Hall–Kier alpha value is -8.66. The van der Waals surface area contributed by atoms with Gasteiger partial charge in [-0.25, -0.2) is 0 Å². The van der Waals surface area contributed by atoms with E-state index in [9.17, 15) is 0 Å². The number of hydrogen-bond acceptors (Lipinski definition) is 3. The molecule has 12 rings (SSSR count). The van der Waals surface area contributed by atoms with Crippen molar-refractivity contribution in [3.63, 3.8) is 0 Å². The summed E-state index contributed by atoms with van der Waals surface area (Å²) in [6.07, 6.45) is 0. The van der Waals surface area contributed by atoms with Gasteiger partial charge in [0.05, 0.1) is 17.1 Å². The molecule has 0 aliphatic carbocycles. The maximum absolute atomic E-state index is 2.39.